The van der Waals surface area contributed by atoms with Gasteiger partial charge >= 0.3 is 29.8 Å². The van der Waals surface area contributed by atoms with Crippen LogP contribution >= 0.6 is 0 Å². The second kappa shape index (κ2) is 12.2. The van der Waals surface area contributed by atoms with E-state index in [1.807, 2.05) is 0 Å². The quantitative estimate of drug-likeness (QED) is 0.318. The van der Waals surface area contributed by atoms with Crippen molar-refractivity contribution in [3.8, 4) is 0 Å². The maximum absolute atomic E-state index is 14.1. The Labute approximate surface area is 278 Å². The van der Waals surface area contributed by atoms with Crippen molar-refractivity contribution in [1.82, 2.24) is 0 Å². The van der Waals surface area contributed by atoms with Gasteiger partial charge in [0.2, 0.25) is 0 Å². The standard InChI is InChI=1S/C35H44O13/c1-17-13-34(43)25(26(17)47-29(42)21-11-9-8-10-12-21)28(46-24(40)16-36)35(48-20(4)39)14-22-23(15-32(5,6)27(22)41)33(7,30(34)44-18(2)37)31(35)45-19(3)38/h8-12,17,22-23,25-26,28,30-31,36,43H,13-16H2,1-7H3/t17-,22-,23+,25-,26-,28-,30+,31-,33-,34-,35-/m1/s1. The first kappa shape index (κ1) is 35.5. The molecular weight excluding hydrogens is 628 g/mol. The highest BCUT2D eigenvalue weighted by Crippen LogP contribution is 2.69. The number of ketones is 1. The number of aliphatic hydroxyl groups is 2. The van der Waals surface area contributed by atoms with Crippen molar-refractivity contribution in [2.75, 3.05) is 6.61 Å². The molecular formula is C35H44O13. The number of esters is 5. The van der Waals surface area contributed by atoms with E-state index in [-0.39, 0.29) is 30.6 Å². The summed E-state index contributed by atoms with van der Waals surface area (Å²) >= 11 is 0. The molecule has 1 aromatic rings. The highest BCUT2D eigenvalue weighted by atomic mass is 16.6. The van der Waals surface area contributed by atoms with E-state index in [0.717, 1.165) is 20.8 Å². The lowest BCUT2D eigenvalue weighted by atomic mass is 9.53. The Bertz CT molecular complexity index is 1500. The van der Waals surface area contributed by atoms with Crippen LogP contribution < -0.4 is 0 Å². The second-order valence-corrected chi connectivity index (χ2v) is 14.8. The molecule has 4 fully saturated rings. The van der Waals surface area contributed by atoms with Crippen LogP contribution in [0.5, 0.6) is 0 Å². The Kier molecular flexibility index (Phi) is 9.05. The smallest absolute Gasteiger partial charge is 0.338 e. The van der Waals surface area contributed by atoms with E-state index in [1.54, 1.807) is 45.9 Å². The van der Waals surface area contributed by atoms with Crippen molar-refractivity contribution in [2.24, 2.45) is 34.5 Å². The van der Waals surface area contributed by atoms with Crippen molar-refractivity contribution < 1.29 is 62.7 Å². The average Bonchev–Trinajstić information content (AvgIpc) is 3.38. The van der Waals surface area contributed by atoms with Gasteiger partial charge in [-0.25, -0.2) is 9.59 Å². The third kappa shape index (κ3) is 5.48. The summed E-state index contributed by atoms with van der Waals surface area (Å²) < 4.78 is 30.3. The van der Waals surface area contributed by atoms with Gasteiger partial charge in [0.25, 0.3) is 0 Å². The number of hydrogen-bond acceptors (Lipinski definition) is 13. The fraction of sp³-hybridized carbons (Fsp3) is 0.657. The molecule has 2 N–H and O–H groups in total. The molecule has 2 bridgehead atoms. The summed E-state index contributed by atoms with van der Waals surface area (Å²) in [6, 6.07) is 8.06. The van der Waals surface area contributed by atoms with Gasteiger partial charge in [-0.2, -0.15) is 0 Å². The number of rotatable bonds is 7. The number of hydrogen-bond donors (Lipinski definition) is 2. The third-order valence-electron chi connectivity index (χ3n) is 11.1. The molecule has 13 heteroatoms. The number of carbonyl (C=O) groups excluding carboxylic acids is 6. The van der Waals surface area contributed by atoms with Gasteiger partial charge in [-0.1, -0.05) is 45.9 Å². The number of benzene rings is 1. The van der Waals surface area contributed by atoms with Crippen molar-refractivity contribution in [3.63, 3.8) is 0 Å². The summed E-state index contributed by atoms with van der Waals surface area (Å²) in [4.78, 5) is 79.8. The van der Waals surface area contributed by atoms with Gasteiger partial charge in [0.1, 0.15) is 30.2 Å². The summed E-state index contributed by atoms with van der Waals surface area (Å²) in [6.45, 7) is 9.09. The largest absolute Gasteiger partial charge is 0.459 e. The Morgan fingerprint density at radius 1 is 0.833 bits per heavy atom. The molecule has 5 rings (SSSR count). The number of aliphatic hydroxyl groups excluding tert-OH is 1. The van der Waals surface area contributed by atoms with Gasteiger partial charge in [0, 0.05) is 38.5 Å². The van der Waals surface area contributed by atoms with Crippen LogP contribution in [0.1, 0.15) is 78.1 Å². The summed E-state index contributed by atoms with van der Waals surface area (Å²) in [7, 11) is 0. The fourth-order valence-electron chi connectivity index (χ4n) is 9.62. The maximum Gasteiger partial charge on any atom is 0.338 e. The summed E-state index contributed by atoms with van der Waals surface area (Å²) in [6.07, 6.45) is -6.36. The first-order valence-electron chi connectivity index (χ1n) is 16.2. The molecule has 0 spiro atoms. The second-order valence-electron chi connectivity index (χ2n) is 14.8. The van der Waals surface area contributed by atoms with Gasteiger partial charge in [0.15, 0.2) is 17.8 Å². The van der Waals surface area contributed by atoms with Crippen LogP contribution in [0.15, 0.2) is 30.3 Å². The number of carbonyl (C=O) groups is 6. The monoisotopic (exact) mass is 672 g/mol. The Morgan fingerprint density at radius 2 is 1.44 bits per heavy atom. The SMILES string of the molecule is CC(=O)O[C@@H]1[C@@]2(O)C[C@@H](C)[C@@H](OC(=O)c3ccccc3)[C@@H]2[C@@H](OC(=O)CO)[C@]2(OC(C)=O)C[C@H]3C(=O)C(C)(C)C[C@@H]3[C@@]1(C)[C@H]2OC(C)=O. The number of fused-ring (bicyclic) bond motifs is 5. The van der Waals surface area contributed by atoms with Crippen LogP contribution in [0, 0.1) is 34.5 Å². The van der Waals surface area contributed by atoms with Crippen LogP contribution in [0.25, 0.3) is 0 Å². The van der Waals surface area contributed by atoms with E-state index < -0.39 is 107 Å². The maximum atomic E-state index is 14.1. The third-order valence-corrected chi connectivity index (χ3v) is 11.1. The Hall–Kier alpha value is -3.84. The molecule has 0 radical (unpaired) electrons. The fourth-order valence-corrected chi connectivity index (χ4v) is 9.62. The minimum absolute atomic E-state index is 0.164. The van der Waals surface area contributed by atoms with E-state index in [1.165, 1.54) is 12.1 Å². The molecule has 4 saturated carbocycles. The van der Waals surface area contributed by atoms with Crippen LogP contribution in [-0.4, -0.2) is 88.1 Å². The van der Waals surface area contributed by atoms with Gasteiger partial charge in [-0.15, -0.1) is 0 Å². The first-order valence-corrected chi connectivity index (χ1v) is 16.2. The van der Waals surface area contributed by atoms with Crippen molar-refractivity contribution in [3.05, 3.63) is 35.9 Å². The molecule has 48 heavy (non-hydrogen) atoms. The minimum atomic E-state index is -2.18. The molecule has 0 saturated heterocycles. The van der Waals surface area contributed by atoms with E-state index in [4.69, 9.17) is 23.7 Å². The molecule has 4 aliphatic rings. The van der Waals surface area contributed by atoms with E-state index in [0.29, 0.717) is 0 Å². The number of ether oxygens (including phenoxy) is 5. The predicted octanol–water partition coefficient (Wildman–Crippen LogP) is 2.32. The van der Waals surface area contributed by atoms with Gasteiger partial charge in [-0.3, -0.25) is 19.2 Å². The topological polar surface area (TPSA) is 189 Å². The zero-order chi connectivity index (χ0) is 35.6. The lowest BCUT2D eigenvalue weighted by Gasteiger charge is -2.58. The summed E-state index contributed by atoms with van der Waals surface area (Å²) in [5, 5.41) is 23.0. The van der Waals surface area contributed by atoms with Crippen molar-refractivity contribution in [2.45, 2.75) is 103 Å². The van der Waals surface area contributed by atoms with E-state index in [2.05, 4.69) is 0 Å². The van der Waals surface area contributed by atoms with E-state index in [9.17, 15) is 39.0 Å². The van der Waals surface area contributed by atoms with E-state index >= 15 is 0 Å². The van der Waals surface area contributed by atoms with Crippen molar-refractivity contribution in [1.29, 1.82) is 0 Å². The lowest BCUT2D eigenvalue weighted by molar-refractivity contribution is -0.269. The zero-order valence-corrected chi connectivity index (χ0v) is 28.2. The highest BCUT2D eigenvalue weighted by Gasteiger charge is 2.82. The zero-order valence-electron chi connectivity index (χ0n) is 28.2. The van der Waals surface area contributed by atoms with Gasteiger partial charge in [0.05, 0.1) is 16.9 Å². The van der Waals surface area contributed by atoms with Gasteiger partial charge < -0.3 is 33.9 Å². The molecule has 262 valence electrons. The summed E-state index contributed by atoms with van der Waals surface area (Å²) in [5.41, 5.74) is -6.71. The predicted molar refractivity (Wildman–Crippen MR) is 164 cm³/mol. The molecule has 0 unspecified atom stereocenters. The molecule has 0 aromatic heterocycles. The molecule has 0 amide bonds. The minimum Gasteiger partial charge on any atom is -0.459 e. The normalized spacial score (nSPS) is 39.2. The molecule has 1 aromatic carbocycles. The van der Waals surface area contributed by atoms with Crippen LogP contribution in [0.4, 0.5) is 0 Å². The molecule has 0 heterocycles. The number of Topliss-reactive ketones (excluding diaryl/α,β-unsaturated/α-hetero) is 1. The van der Waals surface area contributed by atoms with Crippen molar-refractivity contribution >= 4 is 35.6 Å². The molecule has 13 nitrogen and oxygen atoms in total. The Morgan fingerprint density at radius 3 is 2.00 bits per heavy atom. The first-order chi connectivity index (χ1) is 22.3. The molecule has 4 aliphatic carbocycles. The summed E-state index contributed by atoms with van der Waals surface area (Å²) in [5.74, 6) is -8.37. The highest BCUT2D eigenvalue weighted by molar-refractivity contribution is 5.90. The van der Waals surface area contributed by atoms with Crippen LogP contribution in [0.3, 0.4) is 0 Å². The molecule has 11 atom stereocenters. The average molecular weight is 673 g/mol. The van der Waals surface area contributed by atoms with Crippen LogP contribution in [-0.2, 0) is 47.7 Å². The lowest BCUT2D eigenvalue weighted by Crippen LogP contribution is -2.70. The Balaban J connectivity index is 1.86. The molecule has 0 aliphatic heterocycles. The van der Waals surface area contributed by atoms with Gasteiger partial charge in [-0.05, 0) is 36.8 Å². The van der Waals surface area contributed by atoms with Crippen LogP contribution in [0.2, 0.25) is 0 Å².